The van der Waals surface area contributed by atoms with E-state index in [9.17, 15) is 0 Å². The van der Waals surface area contributed by atoms with E-state index in [2.05, 4.69) is 22.8 Å². The van der Waals surface area contributed by atoms with Crippen LogP contribution in [0.4, 0.5) is 5.69 Å². The number of fused-ring (bicyclic) bond motifs is 2. The first-order valence-corrected chi connectivity index (χ1v) is 9.51. The molecule has 1 aromatic rings. The van der Waals surface area contributed by atoms with Crippen molar-refractivity contribution in [2.75, 3.05) is 5.32 Å². The quantitative estimate of drug-likeness (QED) is 0.797. The maximum absolute atomic E-state index is 6.00. The van der Waals surface area contributed by atoms with E-state index in [1.165, 1.54) is 51.4 Å². The minimum atomic E-state index is 0.411. The van der Waals surface area contributed by atoms with Crippen molar-refractivity contribution in [3.05, 3.63) is 24.3 Å². The molecular weight excluding hydrogens is 304 g/mol. The minimum Gasteiger partial charge on any atom is -0.490 e. The Bertz CT molecular complexity index is 553. The topological polar surface area (TPSA) is 33.3 Å². The van der Waals surface area contributed by atoms with Gasteiger partial charge < -0.3 is 15.4 Å². The van der Waals surface area contributed by atoms with E-state index in [0.29, 0.717) is 12.1 Å². The molecule has 0 heterocycles. The number of nitrogens with one attached hydrogen (secondary N) is 2. The van der Waals surface area contributed by atoms with Crippen LogP contribution in [0.5, 0.6) is 5.75 Å². The maximum atomic E-state index is 6.00. The summed E-state index contributed by atoms with van der Waals surface area (Å²) >= 11 is 5.48. The molecule has 0 aromatic heterocycles. The molecule has 3 nitrogen and oxygen atoms in total. The van der Waals surface area contributed by atoms with E-state index in [0.717, 1.165) is 28.4 Å². The molecular formula is C19H26N2OS. The molecule has 3 saturated carbocycles. The van der Waals surface area contributed by atoms with Gasteiger partial charge in [0.05, 0.1) is 6.10 Å². The first kappa shape index (κ1) is 15.3. The zero-order chi connectivity index (χ0) is 15.6. The lowest BCUT2D eigenvalue weighted by Gasteiger charge is -2.24. The SMILES string of the molecule is S=C(Nc1ccc(OC2CCCC2)cc1)N[C@@H]1C[C@H]2CC[C@H]1C2. The Morgan fingerprint density at radius 1 is 1.00 bits per heavy atom. The number of thiocarbonyl (C=S) groups is 1. The van der Waals surface area contributed by atoms with E-state index < -0.39 is 0 Å². The number of ether oxygens (including phenoxy) is 1. The van der Waals surface area contributed by atoms with Gasteiger partial charge in [0.25, 0.3) is 0 Å². The Morgan fingerprint density at radius 3 is 2.43 bits per heavy atom. The van der Waals surface area contributed by atoms with Gasteiger partial charge in [0.15, 0.2) is 5.11 Å². The van der Waals surface area contributed by atoms with Crippen LogP contribution in [0.3, 0.4) is 0 Å². The van der Waals surface area contributed by atoms with E-state index >= 15 is 0 Å². The minimum absolute atomic E-state index is 0.411. The van der Waals surface area contributed by atoms with Crippen molar-refractivity contribution >= 4 is 23.0 Å². The highest BCUT2D eigenvalue weighted by Gasteiger charge is 2.39. The van der Waals surface area contributed by atoms with E-state index in [1.54, 1.807) is 0 Å². The Balaban J connectivity index is 1.27. The number of rotatable bonds is 4. The van der Waals surface area contributed by atoms with E-state index in [4.69, 9.17) is 17.0 Å². The Morgan fingerprint density at radius 2 is 1.78 bits per heavy atom. The predicted octanol–water partition coefficient (Wildman–Crippen LogP) is 4.48. The van der Waals surface area contributed by atoms with Crippen molar-refractivity contribution in [1.29, 1.82) is 0 Å². The number of anilines is 1. The average molecular weight is 330 g/mol. The van der Waals surface area contributed by atoms with Crippen LogP contribution in [0, 0.1) is 11.8 Å². The summed E-state index contributed by atoms with van der Waals surface area (Å²) in [4.78, 5) is 0. The summed E-state index contributed by atoms with van der Waals surface area (Å²) in [6, 6.07) is 8.78. The molecule has 0 amide bonds. The van der Waals surface area contributed by atoms with Crippen molar-refractivity contribution in [3.63, 3.8) is 0 Å². The lowest BCUT2D eigenvalue weighted by atomic mass is 9.96. The predicted molar refractivity (Wildman–Crippen MR) is 97.9 cm³/mol. The van der Waals surface area contributed by atoms with Crippen LogP contribution >= 0.6 is 12.2 Å². The highest BCUT2D eigenvalue weighted by Crippen LogP contribution is 2.44. The molecule has 0 aliphatic heterocycles. The van der Waals surface area contributed by atoms with Crippen LogP contribution in [-0.2, 0) is 0 Å². The number of benzene rings is 1. The standard InChI is InChI=1S/C19H26N2OS/c23-19(21-18-12-13-5-6-14(18)11-13)20-15-7-9-17(10-8-15)22-16-3-1-2-4-16/h7-10,13-14,16,18H,1-6,11-12H2,(H2,20,21,23)/t13-,14-,18+/m0/s1. The molecule has 124 valence electrons. The van der Waals surface area contributed by atoms with Gasteiger partial charge in [-0.15, -0.1) is 0 Å². The van der Waals surface area contributed by atoms with Crippen molar-refractivity contribution in [2.24, 2.45) is 11.8 Å². The van der Waals surface area contributed by atoms with Gasteiger partial charge in [-0.25, -0.2) is 0 Å². The van der Waals surface area contributed by atoms with E-state index in [1.807, 2.05) is 12.1 Å². The number of hydrogen-bond acceptors (Lipinski definition) is 2. The van der Waals surface area contributed by atoms with Crippen LogP contribution in [0.2, 0.25) is 0 Å². The van der Waals surface area contributed by atoms with Gasteiger partial charge in [-0.05, 0) is 93.3 Å². The molecule has 4 heteroatoms. The Hall–Kier alpha value is -1.29. The third kappa shape index (κ3) is 3.63. The molecule has 2 N–H and O–H groups in total. The summed E-state index contributed by atoms with van der Waals surface area (Å²) in [5, 5.41) is 7.59. The first-order valence-electron chi connectivity index (χ1n) is 9.10. The second-order valence-electron chi connectivity index (χ2n) is 7.43. The zero-order valence-corrected chi connectivity index (χ0v) is 14.4. The van der Waals surface area contributed by atoms with Crippen LogP contribution < -0.4 is 15.4 Å². The average Bonchev–Trinajstić information content (AvgIpc) is 3.27. The molecule has 3 fully saturated rings. The first-order chi connectivity index (χ1) is 11.3. The molecule has 3 aliphatic rings. The molecule has 1 aromatic carbocycles. The van der Waals surface area contributed by atoms with Gasteiger partial charge in [0.1, 0.15) is 5.75 Å². The molecule has 0 spiro atoms. The van der Waals surface area contributed by atoms with Crippen LogP contribution in [0.1, 0.15) is 51.4 Å². The van der Waals surface area contributed by atoms with Crippen molar-refractivity contribution in [3.8, 4) is 5.75 Å². The zero-order valence-electron chi connectivity index (χ0n) is 13.6. The van der Waals surface area contributed by atoms with Crippen molar-refractivity contribution in [1.82, 2.24) is 5.32 Å². The molecule has 23 heavy (non-hydrogen) atoms. The number of hydrogen-bond donors (Lipinski definition) is 2. The maximum Gasteiger partial charge on any atom is 0.171 e. The van der Waals surface area contributed by atoms with Crippen LogP contribution in [-0.4, -0.2) is 17.3 Å². The smallest absolute Gasteiger partial charge is 0.171 e. The summed E-state index contributed by atoms with van der Waals surface area (Å²) in [5.74, 6) is 2.74. The fourth-order valence-electron chi connectivity index (χ4n) is 4.57. The molecule has 3 atom stereocenters. The summed E-state index contributed by atoms with van der Waals surface area (Å²) in [6.07, 6.45) is 10.9. The Labute approximate surface area is 144 Å². The van der Waals surface area contributed by atoms with Crippen molar-refractivity contribution < 1.29 is 4.74 Å². The van der Waals surface area contributed by atoms with Gasteiger partial charge in [0.2, 0.25) is 0 Å². The van der Waals surface area contributed by atoms with Gasteiger partial charge >= 0.3 is 0 Å². The molecule has 0 saturated heterocycles. The van der Waals surface area contributed by atoms with Gasteiger partial charge in [-0.2, -0.15) is 0 Å². The van der Waals surface area contributed by atoms with Gasteiger partial charge in [0, 0.05) is 11.7 Å². The highest BCUT2D eigenvalue weighted by molar-refractivity contribution is 7.80. The lowest BCUT2D eigenvalue weighted by Crippen LogP contribution is -2.40. The Kier molecular flexibility index (Phi) is 4.43. The fourth-order valence-corrected chi connectivity index (χ4v) is 4.84. The molecule has 0 radical (unpaired) electrons. The fraction of sp³-hybridized carbons (Fsp3) is 0.632. The largest absolute Gasteiger partial charge is 0.490 e. The van der Waals surface area contributed by atoms with Crippen molar-refractivity contribution in [2.45, 2.75) is 63.5 Å². The van der Waals surface area contributed by atoms with E-state index in [-0.39, 0.29) is 0 Å². The van der Waals surface area contributed by atoms with Gasteiger partial charge in [-0.1, -0.05) is 6.42 Å². The van der Waals surface area contributed by atoms with Gasteiger partial charge in [-0.3, -0.25) is 0 Å². The summed E-state index contributed by atoms with van der Waals surface area (Å²) in [6.45, 7) is 0. The highest BCUT2D eigenvalue weighted by atomic mass is 32.1. The summed E-state index contributed by atoms with van der Waals surface area (Å²) in [5.41, 5.74) is 1.03. The molecule has 2 bridgehead atoms. The summed E-state index contributed by atoms with van der Waals surface area (Å²) < 4.78 is 6.00. The third-order valence-electron chi connectivity index (χ3n) is 5.77. The molecule has 0 unspecified atom stereocenters. The third-order valence-corrected chi connectivity index (χ3v) is 5.99. The lowest BCUT2D eigenvalue weighted by molar-refractivity contribution is 0.210. The normalized spacial score (nSPS) is 29.7. The second-order valence-corrected chi connectivity index (χ2v) is 7.84. The van der Waals surface area contributed by atoms with Crippen LogP contribution in [0.15, 0.2) is 24.3 Å². The molecule has 4 rings (SSSR count). The monoisotopic (exact) mass is 330 g/mol. The van der Waals surface area contributed by atoms with Crippen LogP contribution in [0.25, 0.3) is 0 Å². The second kappa shape index (κ2) is 6.68. The molecule has 3 aliphatic carbocycles. The summed E-state index contributed by atoms with van der Waals surface area (Å²) in [7, 11) is 0.